The van der Waals surface area contributed by atoms with Crippen LogP contribution in [0.4, 0.5) is 0 Å². The maximum Gasteiger partial charge on any atom is 0.224 e. The number of hydrogen-bond donors (Lipinski definition) is 1. The second kappa shape index (κ2) is 4.97. The fraction of sp³-hybridized carbons (Fsp3) is 0.929. The van der Waals surface area contributed by atoms with E-state index in [-0.39, 0.29) is 11.4 Å². The van der Waals surface area contributed by atoms with Crippen LogP contribution in [0.15, 0.2) is 0 Å². The molecule has 0 unspecified atom stereocenters. The maximum absolute atomic E-state index is 12.4. The zero-order valence-electron chi connectivity index (χ0n) is 11.2. The number of amides is 1. The van der Waals surface area contributed by atoms with Gasteiger partial charge in [-0.2, -0.15) is 0 Å². The zero-order valence-corrected chi connectivity index (χ0v) is 11.2. The van der Waals surface area contributed by atoms with Crippen molar-refractivity contribution in [1.82, 2.24) is 4.90 Å². The first-order valence-electron chi connectivity index (χ1n) is 7.08. The first-order chi connectivity index (χ1) is 8.00. The van der Waals surface area contributed by atoms with Crippen molar-refractivity contribution in [2.75, 3.05) is 6.54 Å². The molecular formula is C14H26N2O. The lowest BCUT2D eigenvalue weighted by molar-refractivity contribution is -0.135. The Balaban J connectivity index is 1.95. The standard InChI is InChI=1S/C14H26N2O/c1-11-5-3-6-12(2)16(10-11)13(17)9-14(15)7-4-8-14/h11-12H,3-10,15H2,1-2H3/t11-,12+/m0/s1. The Morgan fingerprint density at radius 3 is 2.59 bits per heavy atom. The minimum absolute atomic E-state index is 0.174. The van der Waals surface area contributed by atoms with Crippen molar-refractivity contribution in [3.05, 3.63) is 0 Å². The van der Waals surface area contributed by atoms with Gasteiger partial charge in [0.25, 0.3) is 0 Å². The average Bonchev–Trinajstić information content (AvgIpc) is 2.38. The van der Waals surface area contributed by atoms with Gasteiger partial charge in [-0.1, -0.05) is 13.3 Å². The highest BCUT2D eigenvalue weighted by molar-refractivity contribution is 5.78. The van der Waals surface area contributed by atoms with Gasteiger partial charge in [0.2, 0.25) is 5.91 Å². The van der Waals surface area contributed by atoms with Gasteiger partial charge in [-0.05, 0) is 44.9 Å². The molecule has 2 rings (SSSR count). The molecular weight excluding hydrogens is 212 g/mol. The lowest BCUT2D eigenvalue weighted by atomic mass is 9.75. The summed E-state index contributed by atoms with van der Waals surface area (Å²) >= 11 is 0. The molecule has 2 aliphatic rings. The third kappa shape index (κ3) is 3.01. The normalized spacial score (nSPS) is 32.8. The van der Waals surface area contributed by atoms with E-state index in [1.54, 1.807) is 0 Å². The van der Waals surface area contributed by atoms with Crippen LogP contribution in [-0.2, 0) is 4.79 Å². The van der Waals surface area contributed by atoms with Crippen LogP contribution in [0.5, 0.6) is 0 Å². The molecule has 0 spiro atoms. The third-order valence-corrected chi connectivity index (χ3v) is 4.53. The number of nitrogens with zero attached hydrogens (tertiary/aromatic N) is 1. The summed E-state index contributed by atoms with van der Waals surface area (Å²) in [6, 6.07) is 0.399. The van der Waals surface area contributed by atoms with Crippen LogP contribution >= 0.6 is 0 Å². The highest BCUT2D eigenvalue weighted by Gasteiger charge is 2.37. The predicted octanol–water partition coefficient (Wildman–Crippen LogP) is 2.30. The molecule has 0 radical (unpaired) electrons. The Morgan fingerprint density at radius 2 is 2.00 bits per heavy atom. The second-order valence-electron chi connectivity index (χ2n) is 6.32. The molecule has 0 aromatic heterocycles. The Labute approximate surface area is 105 Å². The molecule has 1 amide bonds. The van der Waals surface area contributed by atoms with Gasteiger partial charge in [-0.15, -0.1) is 0 Å². The molecule has 2 fully saturated rings. The molecule has 2 N–H and O–H groups in total. The van der Waals surface area contributed by atoms with Crippen LogP contribution in [-0.4, -0.2) is 28.9 Å². The van der Waals surface area contributed by atoms with E-state index in [2.05, 4.69) is 18.7 Å². The van der Waals surface area contributed by atoms with Gasteiger partial charge in [0.15, 0.2) is 0 Å². The molecule has 0 aromatic carbocycles. The minimum atomic E-state index is -0.174. The Bertz CT molecular complexity index is 286. The smallest absolute Gasteiger partial charge is 0.224 e. The van der Waals surface area contributed by atoms with E-state index in [1.807, 2.05) is 0 Å². The number of carbonyl (C=O) groups excluding carboxylic acids is 1. The molecule has 1 aliphatic carbocycles. The highest BCUT2D eigenvalue weighted by atomic mass is 16.2. The molecule has 1 saturated carbocycles. The van der Waals surface area contributed by atoms with Crippen LogP contribution in [0.2, 0.25) is 0 Å². The molecule has 1 aliphatic heterocycles. The first-order valence-corrected chi connectivity index (χ1v) is 7.08. The van der Waals surface area contributed by atoms with Gasteiger partial charge in [0.05, 0.1) is 0 Å². The van der Waals surface area contributed by atoms with Crippen LogP contribution in [0.1, 0.15) is 58.8 Å². The number of nitrogens with two attached hydrogens (primary N) is 1. The Morgan fingerprint density at radius 1 is 1.29 bits per heavy atom. The van der Waals surface area contributed by atoms with Crippen molar-refractivity contribution < 1.29 is 4.79 Å². The largest absolute Gasteiger partial charge is 0.340 e. The monoisotopic (exact) mass is 238 g/mol. The fourth-order valence-electron chi connectivity index (χ4n) is 3.08. The second-order valence-corrected chi connectivity index (χ2v) is 6.32. The van der Waals surface area contributed by atoms with E-state index in [1.165, 1.54) is 19.3 Å². The van der Waals surface area contributed by atoms with Crippen molar-refractivity contribution in [1.29, 1.82) is 0 Å². The van der Waals surface area contributed by atoms with Crippen molar-refractivity contribution in [2.45, 2.75) is 70.4 Å². The van der Waals surface area contributed by atoms with Gasteiger partial charge in [0.1, 0.15) is 0 Å². The van der Waals surface area contributed by atoms with Crippen LogP contribution < -0.4 is 5.73 Å². The number of likely N-dealkylation sites (tertiary alicyclic amines) is 1. The molecule has 2 atom stereocenters. The van der Waals surface area contributed by atoms with E-state index in [0.29, 0.717) is 18.4 Å². The lowest BCUT2D eigenvalue weighted by Crippen LogP contribution is -2.52. The number of carbonyl (C=O) groups is 1. The molecule has 3 nitrogen and oxygen atoms in total. The van der Waals surface area contributed by atoms with Crippen LogP contribution in [0.25, 0.3) is 0 Å². The number of hydrogen-bond acceptors (Lipinski definition) is 2. The summed E-state index contributed by atoms with van der Waals surface area (Å²) in [4.78, 5) is 14.4. The van der Waals surface area contributed by atoms with Crippen LogP contribution in [0.3, 0.4) is 0 Å². The third-order valence-electron chi connectivity index (χ3n) is 4.53. The summed E-state index contributed by atoms with van der Waals surface area (Å²) < 4.78 is 0. The van der Waals surface area contributed by atoms with Gasteiger partial charge < -0.3 is 10.6 Å². The number of rotatable bonds is 2. The fourth-order valence-corrected chi connectivity index (χ4v) is 3.08. The first kappa shape index (κ1) is 12.9. The average molecular weight is 238 g/mol. The van der Waals surface area contributed by atoms with Gasteiger partial charge >= 0.3 is 0 Å². The lowest BCUT2D eigenvalue weighted by Gasteiger charge is -2.40. The zero-order chi connectivity index (χ0) is 12.5. The summed E-state index contributed by atoms with van der Waals surface area (Å²) in [5.74, 6) is 0.924. The molecule has 98 valence electrons. The topological polar surface area (TPSA) is 46.3 Å². The SMILES string of the molecule is C[C@H]1CCC[C@@H](C)N(C(=O)CC2(N)CCC2)C1. The predicted molar refractivity (Wildman–Crippen MR) is 69.6 cm³/mol. The molecule has 0 bridgehead atoms. The summed E-state index contributed by atoms with van der Waals surface area (Å²) in [7, 11) is 0. The van der Waals surface area contributed by atoms with Crippen molar-refractivity contribution >= 4 is 5.91 Å². The van der Waals surface area contributed by atoms with Gasteiger partial charge in [0, 0.05) is 24.5 Å². The van der Waals surface area contributed by atoms with E-state index in [9.17, 15) is 4.79 Å². The van der Waals surface area contributed by atoms with E-state index >= 15 is 0 Å². The minimum Gasteiger partial charge on any atom is -0.340 e. The quantitative estimate of drug-likeness (QED) is 0.802. The molecule has 1 saturated heterocycles. The Kier molecular flexibility index (Phi) is 3.76. The van der Waals surface area contributed by atoms with Crippen molar-refractivity contribution in [3.8, 4) is 0 Å². The van der Waals surface area contributed by atoms with E-state index in [0.717, 1.165) is 25.8 Å². The summed E-state index contributed by atoms with van der Waals surface area (Å²) in [5.41, 5.74) is 6.01. The Hall–Kier alpha value is -0.570. The van der Waals surface area contributed by atoms with E-state index < -0.39 is 0 Å². The van der Waals surface area contributed by atoms with E-state index in [4.69, 9.17) is 5.73 Å². The van der Waals surface area contributed by atoms with Gasteiger partial charge in [-0.3, -0.25) is 4.79 Å². The van der Waals surface area contributed by atoms with Crippen LogP contribution in [0, 0.1) is 5.92 Å². The molecule has 0 aromatic rings. The maximum atomic E-state index is 12.4. The molecule has 3 heteroatoms. The molecule has 17 heavy (non-hydrogen) atoms. The molecule has 1 heterocycles. The summed E-state index contributed by atoms with van der Waals surface area (Å²) in [6.45, 7) is 5.36. The highest BCUT2D eigenvalue weighted by Crippen LogP contribution is 2.33. The van der Waals surface area contributed by atoms with Crippen molar-refractivity contribution in [3.63, 3.8) is 0 Å². The van der Waals surface area contributed by atoms with Crippen molar-refractivity contribution in [2.24, 2.45) is 11.7 Å². The summed E-state index contributed by atoms with van der Waals surface area (Å²) in [5, 5.41) is 0. The summed E-state index contributed by atoms with van der Waals surface area (Å²) in [6.07, 6.45) is 7.45. The van der Waals surface area contributed by atoms with Gasteiger partial charge in [-0.25, -0.2) is 0 Å².